The van der Waals surface area contributed by atoms with Crippen molar-refractivity contribution in [1.82, 2.24) is 5.32 Å². The summed E-state index contributed by atoms with van der Waals surface area (Å²) in [7, 11) is 0. The number of rotatable bonds is 4. The zero-order chi connectivity index (χ0) is 9.84. The first-order chi connectivity index (χ1) is 6.15. The highest BCUT2D eigenvalue weighted by molar-refractivity contribution is 4.85. The van der Waals surface area contributed by atoms with Crippen molar-refractivity contribution in [2.75, 3.05) is 6.61 Å². The highest BCUT2D eigenvalue weighted by atomic mass is 16.3. The van der Waals surface area contributed by atoms with E-state index in [0.29, 0.717) is 0 Å². The van der Waals surface area contributed by atoms with Gasteiger partial charge in [-0.1, -0.05) is 6.92 Å². The van der Waals surface area contributed by atoms with Crippen molar-refractivity contribution >= 4 is 0 Å². The quantitative estimate of drug-likeness (QED) is 0.601. The molecule has 3 N–H and O–H groups in total. The van der Waals surface area contributed by atoms with Crippen LogP contribution in [0.15, 0.2) is 0 Å². The van der Waals surface area contributed by atoms with Crippen LogP contribution in [0.3, 0.4) is 0 Å². The average Bonchev–Trinajstić information content (AvgIpc) is 2.50. The van der Waals surface area contributed by atoms with E-state index in [1.807, 2.05) is 6.92 Å². The fourth-order valence-corrected chi connectivity index (χ4v) is 1.79. The van der Waals surface area contributed by atoms with E-state index < -0.39 is 0 Å². The summed E-state index contributed by atoms with van der Waals surface area (Å²) < 4.78 is 0. The van der Waals surface area contributed by atoms with E-state index in [1.54, 1.807) is 0 Å². The van der Waals surface area contributed by atoms with Gasteiger partial charge in [0.05, 0.1) is 6.10 Å². The number of hydrogen-bond acceptors (Lipinski definition) is 3. The Morgan fingerprint density at radius 2 is 2.08 bits per heavy atom. The van der Waals surface area contributed by atoms with Crippen LogP contribution in [0, 0.1) is 5.92 Å². The standard InChI is InChI=1S/C10H21NO2/c1-7(6-12)8(2)11-9-4-3-5-10(9)13/h7-13H,3-6H2,1-2H3/t7?,8?,9-,10-/m1/s1. The van der Waals surface area contributed by atoms with Gasteiger partial charge in [-0.25, -0.2) is 0 Å². The Kier molecular flexibility index (Phi) is 4.16. The molecule has 0 amide bonds. The molecule has 0 aromatic rings. The maximum Gasteiger partial charge on any atom is 0.0693 e. The summed E-state index contributed by atoms with van der Waals surface area (Å²) >= 11 is 0. The number of nitrogens with one attached hydrogen (secondary N) is 1. The molecule has 0 aromatic heterocycles. The third-order valence-corrected chi connectivity index (χ3v) is 3.10. The minimum atomic E-state index is -0.187. The van der Waals surface area contributed by atoms with Gasteiger partial charge in [0.2, 0.25) is 0 Å². The van der Waals surface area contributed by atoms with Gasteiger partial charge in [-0.2, -0.15) is 0 Å². The van der Waals surface area contributed by atoms with Crippen LogP contribution in [0.2, 0.25) is 0 Å². The molecule has 78 valence electrons. The van der Waals surface area contributed by atoms with E-state index in [-0.39, 0.29) is 30.7 Å². The molecular formula is C10H21NO2. The molecule has 1 aliphatic carbocycles. The van der Waals surface area contributed by atoms with Crippen LogP contribution >= 0.6 is 0 Å². The van der Waals surface area contributed by atoms with Gasteiger partial charge >= 0.3 is 0 Å². The zero-order valence-electron chi connectivity index (χ0n) is 8.53. The van der Waals surface area contributed by atoms with E-state index in [9.17, 15) is 5.11 Å². The van der Waals surface area contributed by atoms with Gasteiger partial charge in [0.15, 0.2) is 0 Å². The van der Waals surface area contributed by atoms with Gasteiger partial charge in [0.1, 0.15) is 0 Å². The Morgan fingerprint density at radius 1 is 1.38 bits per heavy atom. The predicted octanol–water partition coefficient (Wildman–Crippen LogP) is 0.506. The summed E-state index contributed by atoms with van der Waals surface area (Å²) in [5.74, 6) is 0.257. The van der Waals surface area contributed by atoms with Crippen LogP contribution in [0.5, 0.6) is 0 Å². The average molecular weight is 187 g/mol. The fourth-order valence-electron chi connectivity index (χ4n) is 1.79. The maximum atomic E-state index is 9.57. The van der Waals surface area contributed by atoms with Crippen LogP contribution in [-0.2, 0) is 0 Å². The third kappa shape index (κ3) is 2.93. The summed E-state index contributed by atoms with van der Waals surface area (Å²) in [6, 6.07) is 0.520. The molecule has 0 spiro atoms. The molecule has 13 heavy (non-hydrogen) atoms. The second-order valence-corrected chi connectivity index (χ2v) is 4.22. The van der Waals surface area contributed by atoms with Gasteiger partial charge < -0.3 is 15.5 Å². The molecule has 1 fully saturated rings. The fraction of sp³-hybridized carbons (Fsp3) is 1.00. The minimum absolute atomic E-state index is 0.187. The second kappa shape index (κ2) is 4.94. The molecule has 3 nitrogen and oxygen atoms in total. The van der Waals surface area contributed by atoms with Crippen molar-refractivity contribution in [1.29, 1.82) is 0 Å². The van der Waals surface area contributed by atoms with Crippen molar-refractivity contribution in [2.24, 2.45) is 5.92 Å². The molecule has 2 unspecified atom stereocenters. The molecule has 1 rings (SSSR count). The molecule has 1 saturated carbocycles. The minimum Gasteiger partial charge on any atom is -0.396 e. The lowest BCUT2D eigenvalue weighted by Crippen LogP contribution is -2.44. The lowest BCUT2D eigenvalue weighted by molar-refractivity contribution is 0.129. The van der Waals surface area contributed by atoms with Crippen LogP contribution in [0.25, 0.3) is 0 Å². The highest BCUT2D eigenvalue weighted by Gasteiger charge is 2.27. The van der Waals surface area contributed by atoms with Gasteiger partial charge in [-0.15, -0.1) is 0 Å². The highest BCUT2D eigenvalue weighted by Crippen LogP contribution is 2.20. The Labute approximate surface area is 80.2 Å². The molecule has 0 bridgehead atoms. The Bertz CT molecular complexity index is 152. The lowest BCUT2D eigenvalue weighted by atomic mass is 10.0. The topological polar surface area (TPSA) is 52.5 Å². The van der Waals surface area contributed by atoms with Crippen LogP contribution in [-0.4, -0.2) is 35.0 Å². The Balaban J connectivity index is 2.30. The first kappa shape index (κ1) is 11.0. The largest absolute Gasteiger partial charge is 0.396 e. The SMILES string of the molecule is CC(CO)C(C)N[C@@H]1CCC[C@H]1O. The first-order valence-electron chi connectivity index (χ1n) is 5.20. The third-order valence-electron chi connectivity index (χ3n) is 3.10. The van der Waals surface area contributed by atoms with Crippen LogP contribution in [0.4, 0.5) is 0 Å². The monoisotopic (exact) mass is 187 g/mol. The van der Waals surface area contributed by atoms with E-state index in [4.69, 9.17) is 5.11 Å². The van der Waals surface area contributed by atoms with Gasteiger partial charge in [0, 0.05) is 18.7 Å². The normalized spacial score (nSPS) is 33.2. The molecule has 0 heterocycles. The summed E-state index contributed by atoms with van der Waals surface area (Å²) in [5.41, 5.74) is 0. The van der Waals surface area contributed by atoms with Gasteiger partial charge in [-0.3, -0.25) is 0 Å². The number of aliphatic hydroxyl groups excluding tert-OH is 2. The van der Waals surface area contributed by atoms with Crippen molar-refractivity contribution in [2.45, 2.75) is 51.3 Å². The Hall–Kier alpha value is -0.120. The van der Waals surface area contributed by atoms with Crippen LogP contribution < -0.4 is 5.32 Å². The predicted molar refractivity (Wildman–Crippen MR) is 52.5 cm³/mol. The van der Waals surface area contributed by atoms with Crippen molar-refractivity contribution < 1.29 is 10.2 Å². The first-order valence-corrected chi connectivity index (χ1v) is 5.20. The second-order valence-electron chi connectivity index (χ2n) is 4.22. The van der Waals surface area contributed by atoms with Gasteiger partial charge in [0.25, 0.3) is 0 Å². The molecule has 0 aliphatic heterocycles. The van der Waals surface area contributed by atoms with Crippen molar-refractivity contribution in [3.63, 3.8) is 0 Å². The molecular weight excluding hydrogens is 166 g/mol. The number of hydrogen-bond donors (Lipinski definition) is 3. The molecule has 4 atom stereocenters. The smallest absolute Gasteiger partial charge is 0.0693 e. The summed E-state index contributed by atoms with van der Waals surface area (Å²) in [6.45, 7) is 4.28. The van der Waals surface area contributed by atoms with Crippen LogP contribution in [0.1, 0.15) is 33.1 Å². The molecule has 0 aromatic carbocycles. The summed E-state index contributed by atoms with van der Waals surface area (Å²) in [5, 5.41) is 21.9. The molecule has 0 radical (unpaired) electrons. The van der Waals surface area contributed by atoms with Gasteiger partial charge in [-0.05, 0) is 32.1 Å². The van der Waals surface area contributed by atoms with E-state index in [1.165, 1.54) is 0 Å². The van der Waals surface area contributed by atoms with E-state index >= 15 is 0 Å². The molecule has 3 heteroatoms. The van der Waals surface area contributed by atoms with E-state index in [2.05, 4.69) is 12.2 Å². The summed E-state index contributed by atoms with van der Waals surface area (Å²) in [6.07, 6.45) is 2.90. The number of aliphatic hydroxyl groups is 2. The zero-order valence-corrected chi connectivity index (χ0v) is 8.53. The maximum absolute atomic E-state index is 9.57. The van der Waals surface area contributed by atoms with Crippen molar-refractivity contribution in [3.05, 3.63) is 0 Å². The molecule has 1 aliphatic rings. The lowest BCUT2D eigenvalue weighted by Gasteiger charge is -2.25. The molecule has 0 saturated heterocycles. The van der Waals surface area contributed by atoms with E-state index in [0.717, 1.165) is 19.3 Å². The summed E-state index contributed by atoms with van der Waals surface area (Å²) in [4.78, 5) is 0. The Morgan fingerprint density at radius 3 is 2.54 bits per heavy atom. The van der Waals surface area contributed by atoms with Crippen molar-refractivity contribution in [3.8, 4) is 0 Å².